The summed E-state index contributed by atoms with van der Waals surface area (Å²) in [6.45, 7) is 0.978. The maximum Gasteiger partial charge on any atom is 0.185 e. The van der Waals surface area contributed by atoms with E-state index in [2.05, 4.69) is 0 Å². The van der Waals surface area contributed by atoms with Gasteiger partial charge in [-0.15, -0.1) is 0 Å². The van der Waals surface area contributed by atoms with Crippen LogP contribution in [0.25, 0.3) is 11.3 Å². The Bertz CT molecular complexity index is 577. The molecule has 0 amide bonds. The first-order valence-corrected chi connectivity index (χ1v) is 6.22. The Morgan fingerprint density at radius 1 is 1.25 bits per heavy atom. The highest BCUT2D eigenvalue weighted by molar-refractivity contribution is 5.74. The second-order valence-corrected chi connectivity index (χ2v) is 4.13. The van der Waals surface area contributed by atoms with Crippen molar-refractivity contribution in [3.8, 4) is 17.1 Å². The van der Waals surface area contributed by atoms with Crippen LogP contribution in [0, 0.1) is 5.82 Å². The summed E-state index contributed by atoms with van der Waals surface area (Å²) in [6.07, 6.45) is 1.27. The number of methoxy groups -OCH3 is 1. The fraction of sp³-hybridized carbons (Fsp3) is 0.267. The number of ether oxygens (including phenoxy) is 2. The number of furan rings is 1. The predicted octanol–water partition coefficient (Wildman–Crippen LogP) is 3.31. The summed E-state index contributed by atoms with van der Waals surface area (Å²) in [5.41, 5.74) is 0.220. The summed E-state index contributed by atoms with van der Waals surface area (Å²) in [6, 6.07) is 7.58. The highest BCUT2D eigenvalue weighted by Gasteiger charge is 2.15. The highest BCUT2D eigenvalue weighted by atomic mass is 19.1. The summed E-state index contributed by atoms with van der Waals surface area (Å²) < 4.78 is 29.7. The molecule has 1 heterocycles. The van der Waals surface area contributed by atoms with E-state index in [1.807, 2.05) is 0 Å². The van der Waals surface area contributed by atoms with Crippen molar-refractivity contribution in [3.05, 3.63) is 41.9 Å². The molecule has 1 aromatic carbocycles. The Labute approximate surface area is 116 Å². The van der Waals surface area contributed by atoms with Crippen molar-refractivity contribution in [1.29, 1.82) is 0 Å². The van der Waals surface area contributed by atoms with E-state index >= 15 is 0 Å². The van der Waals surface area contributed by atoms with Gasteiger partial charge in [0.25, 0.3) is 0 Å². The molecule has 1 aromatic heterocycles. The van der Waals surface area contributed by atoms with Crippen LogP contribution >= 0.6 is 0 Å². The van der Waals surface area contributed by atoms with Crippen molar-refractivity contribution in [2.75, 3.05) is 20.3 Å². The molecule has 0 atom stereocenters. The molecule has 0 aliphatic carbocycles. The molecule has 2 aromatic rings. The van der Waals surface area contributed by atoms with Gasteiger partial charge in [0.2, 0.25) is 0 Å². The van der Waals surface area contributed by atoms with E-state index in [1.165, 1.54) is 12.1 Å². The van der Waals surface area contributed by atoms with Crippen LogP contribution in [0.3, 0.4) is 0 Å². The van der Waals surface area contributed by atoms with Crippen LogP contribution in [-0.2, 0) is 4.74 Å². The third kappa shape index (κ3) is 3.24. The van der Waals surface area contributed by atoms with E-state index in [-0.39, 0.29) is 17.1 Å². The molecule has 0 unspecified atom stereocenters. The SMILES string of the molecule is COCCCOc1cccc(F)c1-c1ccc(C=O)o1. The summed E-state index contributed by atoms with van der Waals surface area (Å²) in [5, 5.41) is 0. The van der Waals surface area contributed by atoms with Crippen molar-refractivity contribution in [1.82, 2.24) is 0 Å². The first-order chi connectivity index (χ1) is 9.76. The number of rotatable bonds is 7. The van der Waals surface area contributed by atoms with Gasteiger partial charge in [0.15, 0.2) is 12.0 Å². The summed E-state index contributed by atoms with van der Waals surface area (Å²) >= 11 is 0. The quantitative estimate of drug-likeness (QED) is 0.576. The fourth-order valence-electron chi connectivity index (χ4n) is 1.80. The van der Waals surface area contributed by atoms with Crippen LogP contribution in [-0.4, -0.2) is 26.6 Å². The molecule has 0 radical (unpaired) electrons. The molecule has 5 heteroatoms. The van der Waals surface area contributed by atoms with Gasteiger partial charge in [-0.3, -0.25) is 4.79 Å². The Hall–Kier alpha value is -2.14. The topological polar surface area (TPSA) is 48.7 Å². The second-order valence-electron chi connectivity index (χ2n) is 4.13. The molecule has 0 aliphatic heterocycles. The average Bonchev–Trinajstić information content (AvgIpc) is 2.92. The monoisotopic (exact) mass is 278 g/mol. The average molecular weight is 278 g/mol. The molecule has 0 spiro atoms. The smallest absolute Gasteiger partial charge is 0.185 e. The van der Waals surface area contributed by atoms with Gasteiger partial charge in [0.1, 0.15) is 17.3 Å². The van der Waals surface area contributed by atoms with E-state index in [0.717, 1.165) is 0 Å². The lowest BCUT2D eigenvalue weighted by Crippen LogP contribution is -2.02. The first kappa shape index (κ1) is 14.3. The molecule has 20 heavy (non-hydrogen) atoms. The maximum atomic E-state index is 14.0. The Kier molecular flexibility index (Phi) is 4.90. The van der Waals surface area contributed by atoms with E-state index in [0.29, 0.717) is 31.7 Å². The van der Waals surface area contributed by atoms with E-state index in [1.54, 1.807) is 25.3 Å². The molecule has 4 nitrogen and oxygen atoms in total. The summed E-state index contributed by atoms with van der Waals surface area (Å²) in [5.74, 6) is 0.342. The summed E-state index contributed by atoms with van der Waals surface area (Å²) in [4.78, 5) is 10.6. The number of aldehydes is 1. The lowest BCUT2D eigenvalue weighted by molar-refractivity contribution is 0.110. The van der Waals surface area contributed by atoms with E-state index < -0.39 is 5.82 Å². The molecule has 106 valence electrons. The van der Waals surface area contributed by atoms with Crippen LogP contribution in [0.15, 0.2) is 34.7 Å². The van der Waals surface area contributed by atoms with Crippen LogP contribution in [0.1, 0.15) is 17.0 Å². The number of halogens is 1. The normalized spacial score (nSPS) is 10.5. The minimum atomic E-state index is -0.457. The first-order valence-electron chi connectivity index (χ1n) is 6.22. The molecule has 2 rings (SSSR count). The molecule has 0 aliphatic rings. The zero-order chi connectivity index (χ0) is 14.4. The van der Waals surface area contributed by atoms with Gasteiger partial charge in [-0.05, 0) is 24.3 Å². The lowest BCUT2D eigenvalue weighted by atomic mass is 10.1. The lowest BCUT2D eigenvalue weighted by Gasteiger charge is -2.10. The predicted molar refractivity (Wildman–Crippen MR) is 71.5 cm³/mol. The zero-order valence-corrected chi connectivity index (χ0v) is 11.1. The fourth-order valence-corrected chi connectivity index (χ4v) is 1.80. The van der Waals surface area contributed by atoms with Crippen molar-refractivity contribution in [3.63, 3.8) is 0 Å². The van der Waals surface area contributed by atoms with E-state index in [4.69, 9.17) is 13.9 Å². The summed E-state index contributed by atoms with van der Waals surface area (Å²) in [7, 11) is 1.61. The van der Waals surface area contributed by atoms with Crippen molar-refractivity contribution in [2.24, 2.45) is 0 Å². The number of hydrogen-bond donors (Lipinski definition) is 0. The molecular formula is C15H15FO4. The molecular weight excluding hydrogens is 263 g/mol. The Balaban J connectivity index is 2.24. The molecule has 0 N–H and O–H groups in total. The van der Waals surface area contributed by atoms with Crippen LogP contribution in [0.2, 0.25) is 0 Å². The Morgan fingerprint density at radius 2 is 2.10 bits per heavy atom. The minimum Gasteiger partial charge on any atom is -0.493 e. The third-order valence-electron chi connectivity index (χ3n) is 2.72. The highest BCUT2D eigenvalue weighted by Crippen LogP contribution is 2.33. The zero-order valence-electron chi connectivity index (χ0n) is 11.1. The van der Waals surface area contributed by atoms with Crippen LogP contribution in [0.5, 0.6) is 5.75 Å². The number of benzene rings is 1. The third-order valence-corrected chi connectivity index (χ3v) is 2.72. The van der Waals surface area contributed by atoms with Crippen LogP contribution < -0.4 is 4.74 Å². The van der Waals surface area contributed by atoms with Gasteiger partial charge in [-0.25, -0.2) is 4.39 Å². The van der Waals surface area contributed by atoms with Crippen molar-refractivity contribution >= 4 is 6.29 Å². The van der Waals surface area contributed by atoms with Gasteiger partial charge < -0.3 is 13.9 Å². The van der Waals surface area contributed by atoms with Gasteiger partial charge in [0, 0.05) is 20.1 Å². The molecule has 0 bridgehead atoms. The van der Waals surface area contributed by atoms with E-state index in [9.17, 15) is 9.18 Å². The standard InChI is InChI=1S/C15H15FO4/c1-18-8-3-9-19-13-5-2-4-12(16)15(13)14-7-6-11(10-17)20-14/h2,4-7,10H,3,8-9H2,1H3. The molecule has 0 saturated carbocycles. The van der Waals surface area contributed by atoms with Crippen molar-refractivity contribution < 1.29 is 23.1 Å². The number of hydrogen-bond acceptors (Lipinski definition) is 4. The number of carbonyl (C=O) groups is 1. The molecule has 0 fully saturated rings. The number of carbonyl (C=O) groups excluding carboxylic acids is 1. The Morgan fingerprint density at radius 3 is 2.80 bits per heavy atom. The van der Waals surface area contributed by atoms with Gasteiger partial charge in [0.05, 0.1) is 12.2 Å². The van der Waals surface area contributed by atoms with Gasteiger partial charge in [-0.1, -0.05) is 6.07 Å². The van der Waals surface area contributed by atoms with Crippen molar-refractivity contribution in [2.45, 2.75) is 6.42 Å². The second kappa shape index (κ2) is 6.86. The molecule has 0 saturated heterocycles. The maximum absolute atomic E-state index is 14.0. The van der Waals surface area contributed by atoms with Gasteiger partial charge >= 0.3 is 0 Å². The minimum absolute atomic E-state index is 0.147. The largest absolute Gasteiger partial charge is 0.493 e. The van der Waals surface area contributed by atoms with Gasteiger partial charge in [-0.2, -0.15) is 0 Å². The van der Waals surface area contributed by atoms with Crippen LogP contribution in [0.4, 0.5) is 4.39 Å².